The fourth-order valence-electron chi connectivity index (χ4n) is 2.63. The minimum absolute atomic E-state index is 0.00830. The molecule has 2 rings (SSSR count). The molecule has 1 amide bonds. The number of thioether (sulfide) groups is 1. The molecule has 2 aromatic rings. The third-order valence-corrected chi connectivity index (χ3v) is 7.08. The number of nitrogens with zero attached hydrogens (tertiary/aromatic N) is 2. The number of hydrogen-bond acceptors (Lipinski definition) is 6. The zero-order valence-electron chi connectivity index (χ0n) is 16.6. The zero-order valence-corrected chi connectivity index (χ0v) is 18.3. The van der Waals surface area contributed by atoms with E-state index in [9.17, 15) is 18.4 Å². The number of nitrogens with one attached hydrogen (secondary N) is 1. The van der Waals surface area contributed by atoms with E-state index < -0.39 is 10.0 Å². The van der Waals surface area contributed by atoms with E-state index in [1.807, 2.05) is 0 Å². The van der Waals surface area contributed by atoms with Gasteiger partial charge in [0.1, 0.15) is 10.6 Å². The molecule has 1 N–H and O–H groups in total. The van der Waals surface area contributed by atoms with Gasteiger partial charge >= 0.3 is 0 Å². The van der Waals surface area contributed by atoms with Crippen LogP contribution in [0, 0.1) is 5.21 Å². The van der Waals surface area contributed by atoms with Gasteiger partial charge < -0.3 is 15.3 Å². The van der Waals surface area contributed by atoms with Gasteiger partial charge in [0.2, 0.25) is 15.9 Å². The van der Waals surface area contributed by atoms with Crippen molar-refractivity contribution in [3.8, 4) is 5.75 Å². The van der Waals surface area contributed by atoms with Crippen LogP contribution in [-0.2, 0) is 14.8 Å². The summed E-state index contributed by atoms with van der Waals surface area (Å²) in [5, 5.41) is 14.7. The lowest BCUT2D eigenvalue weighted by Gasteiger charge is -2.21. The number of amides is 1. The molecule has 0 spiro atoms. The van der Waals surface area contributed by atoms with Crippen LogP contribution in [0.25, 0.3) is 0 Å². The molecule has 1 aromatic carbocycles. The van der Waals surface area contributed by atoms with Crippen molar-refractivity contribution in [2.24, 2.45) is 0 Å². The van der Waals surface area contributed by atoms with Crippen molar-refractivity contribution in [1.82, 2.24) is 4.31 Å². The smallest absolute Gasteiger partial charge is 0.251 e. The van der Waals surface area contributed by atoms with Crippen LogP contribution in [-0.4, -0.2) is 44.1 Å². The average molecular weight is 440 g/mol. The molecule has 0 aliphatic heterocycles. The van der Waals surface area contributed by atoms with E-state index in [1.165, 1.54) is 22.6 Å². The Bertz CT molecular complexity index is 947. The highest BCUT2D eigenvalue weighted by Gasteiger charge is 2.26. The Hall–Kier alpha value is -2.30. The molecule has 0 fully saturated rings. The van der Waals surface area contributed by atoms with Gasteiger partial charge in [0.25, 0.3) is 5.03 Å². The van der Waals surface area contributed by atoms with Crippen LogP contribution in [0.15, 0.2) is 52.5 Å². The molecule has 0 unspecified atom stereocenters. The number of ether oxygens (including phenoxy) is 1. The third kappa shape index (κ3) is 5.84. The van der Waals surface area contributed by atoms with Crippen LogP contribution < -0.4 is 14.8 Å². The van der Waals surface area contributed by atoms with Gasteiger partial charge in [-0.15, -0.1) is 0 Å². The van der Waals surface area contributed by atoms with Gasteiger partial charge in [0, 0.05) is 30.9 Å². The van der Waals surface area contributed by atoms with Crippen LogP contribution in [0.5, 0.6) is 5.75 Å². The minimum atomic E-state index is -3.77. The lowest BCUT2D eigenvalue weighted by molar-refractivity contribution is -0.645. The minimum Gasteiger partial charge on any atom is -0.618 e. The molecule has 0 saturated heterocycles. The summed E-state index contributed by atoms with van der Waals surface area (Å²) in [5.74, 6) is -0.102. The fraction of sp³-hybridized carbons (Fsp3) is 0.368. The van der Waals surface area contributed by atoms with E-state index in [0.717, 1.165) is 11.8 Å². The maximum atomic E-state index is 13.0. The first kappa shape index (κ1) is 23.0. The van der Waals surface area contributed by atoms with Gasteiger partial charge in [-0.1, -0.05) is 13.8 Å². The largest absolute Gasteiger partial charge is 0.618 e. The van der Waals surface area contributed by atoms with Crippen LogP contribution in [0.4, 0.5) is 5.69 Å². The lowest BCUT2D eigenvalue weighted by Crippen LogP contribution is -2.31. The van der Waals surface area contributed by atoms with Crippen molar-refractivity contribution in [3.63, 3.8) is 0 Å². The molecule has 8 nitrogen and oxygen atoms in total. The van der Waals surface area contributed by atoms with Gasteiger partial charge in [-0.05, 0) is 43.0 Å². The van der Waals surface area contributed by atoms with E-state index in [1.54, 1.807) is 45.0 Å². The summed E-state index contributed by atoms with van der Waals surface area (Å²) in [5.41, 5.74) is 0.341. The average Bonchev–Trinajstić information content (AvgIpc) is 2.69. The number of anilines is 1. The Balaban J connectivity index is 2.21. The Labute approximate surface area is 175 Å². The predicted molar refractivity (Wildman–Crippen MR) is 112 cm³/mol. The van der Waals surface area contributed by atoms with Crippen molar-refractivity contribution in [2.45, 2.75) is 30.7 Å². The lowest BCUT2D eigenvalue weighted by atomic mass is 10.3. The molecule has 0 aliphatic carbocycles. The first-order valence-electron chi connectivity index (χ1n) is 9.21. The Morgan fingerprint density at radius 2 is 1.93 bits per heavy atom. The van der Waals surface area contributed by atoms with Gasteiger partial charge in [-0.2, -0.15) is 9.04 Å². The second-order valence-electron chi connectivity index (χ2n) is 5.89. The van der Waals surface area contributed by atoms with Crippen LogP contribution in [0.2, 0.25) is 0 Å². The number of aromatic nitrogens is 1. The first-order chi connectivity index (χ1) is 13.8. The normalized spacial score (nSPS) is 11.4. The molecule has 0 saturated carbocycles. The highest BCUT2D eigenvalue weighted by Crippen LogP contribution is 2.30. The summed E-state index contributed by atoms with van der Waals surface area (Å²) in [4.78, 5) is 12.3. The Morgan fingerprint density at radius 1 is 1.21 bits per heavy atom. The second-order valence-corrected chi connectivity index (χ2v) is 8.79. The van der Waals surface area contributed by atoms with E-state index in [-0.39, 0.29) is 22.3 Å². The maximum absolute atomic E-state index is 13.0. The quantitative estimate of drug-likeness (QED) is 0.347. The topological polar surface area (TPSA) is 103 Å². The number of carbonyl (C=O) groups excluding carboxylic acids is 1. The third-order valence-electron chi connectivity index (χ3n) is 3.99. The van der Waals surface area contributed by atoms with Crippen LogP contribution in [0.1, 0.15) is 20.8 Å². The molecule has 0 bridgehead atoms. The molecule has 0 aliphatic rings. The summed E-state index contributed by atoms with van der Waals surface area (Å²) in [7, 11) is -3.77. The number of pyridine rings is 1. The summed E-state index contributed by atoms with van der Waals surface area (Å²) < 4.78 is 33.4. The molecule has 29 heavy (non-hydrogen) atoms. The molecule has 1 heterocycles. The van der Waals surface area contributed by atoms with Gasteiger partial charge in [-0.3, -0.25) is 4.79 Å². The highest BCUT2D eigenvalue weighted by atomic mass is 32.2. The Morgan fingerprint density at radius 3 is 2.55 bits per heavy atom. The number of rotatable bonds is 10. The monoisotopic (exact) mass is 439 g/mol. The summed E-state index contributed by atoms with van der Waals surface area (Å²) in [6.45, 7) is 6.25. The summed E-state index contributed by atoms with van der Waals surface area (Å²) >= 11 is 1.09. The summed E-state index contributed by atoms with van der Waals surface area (Å²) in [6.07, 6.45) is 1.36. The molecule has 0 atom stereocenters. The zero-order chi connectivity index (χ0) is 21.4. The SMILES string of the molecule is CCOc1ccc(NC(=O)CSc2cccc[n+]2[O-])cc1S(=O)(=O)N(CC)CC. The van der Waals surface area contributed by atoms with Crippen molar-refractivity contribution in [2.75, 3.05) is 30.8 Å². The van der Waals surface area contributed by atoms with Crippen molar-refractivity contribution < 1.29 is 22.7 Å². The summed E-state index contributed by atoms with van der Waals surface area (Å²) in [6, 6.07) is 9.46. The predicted octanol–water partition coefficient (Wildman–Crippen LogP) is 2.48. The van der Waals surface area contributed by atoms with E-state index >= 15 is 0 Å². The van der Waals surface area contributed by atoms with E-state index in [2.05, 4.69) is 5.32 Å². The molecule has 0 radical (unpaired) electrons. The van der Waals surface area contributed by atoms with Crippen LogP contribution in [0.3, 0.4) is 0 Å². The number of benzene rings is 1. The maximum Gasteiger partial charge on any atom is 0.251 e. The molecular formula is C19H25N3O5S2. The fourth-order valence-corrected chi connectivity index (χ4v) is 4.95. The Kier molecular flexibility index (Phi) is 8.30. The standard InChI is InChI=1S/C19H25N3O5S2/c1-4-21(5-2)29(25,26)17-13-15(10-11-16(17)27-6-3)20-18(23)14-28-19-9-7-8-12-22(19)24/h7-13H,4-6,14H2,1-3H3,(H,20,23). The molecule has 158 valence electrons. The van der Waals surface area contributed by atoms with Crippen LogP contribution >= 0.6 is 11.8 Å². The van der Waals surface area contributed by atoms with E-state index in [0.29, 0.717) is 35.1 Å². The van der Waals surface area contributed by atoms with Crippen molar-refractivity contribution in [1.29, 1.82) is 0 Å². The highest BCUT2D eigenvalue weighted by molar-refractivity contribution is 7.99. The van der Waals surface area contributed by atoms with Gasteiger partial charge in [0.05, 0.1) is 12.4 Å². The second kappa shape index (κ2) is 10.5. The van der Waals surface area contributed by atoms with Gasteiger partial charge in [0.15, 0.2) is 6.20 Å². The van der Waals surface area contributed by atoms with Crippen molar-refractivity contribution >= 4 is 33.4 Å². The number of carbonyl (C=O) groups is 1. The molecular weight excluding hydrogens is 414 g/mol. The molecule has 10 heteroatoms. The first-order valence-corrected chi connectivity index (χ1v) is 11.6. The molecule has 1 aromatic heterocycles. The number of hydrogen-bond donors (Lipinski definition) is 1. The van der Waals surface area contributed by atoms with Gasteiger partial charge in [-0.25, -0.2) is 8.42 Å². The van der Waals surface area contributed by atoms with Crippen molar-refractivity contribution in [3.05, 3.63) is 47.8 Å². The van der Waals surface area contributed by atoms with E-state index in [4.69, 9.17) is 4.74 Å². The number of sulfonamides is 1.